The van der Waals surface area contributed by atoms with E-state index in [1.807, 2.05) is 6.07 Å². The van der Waals surface area contributed by atoms with Gasteiger partial charge < -0.3 is 14.7 Å². The zero-order valence-electron chi connectivity index (χ0n) is 14.7. The third-order valence-electron chi connectivity index (χ3n) is 4.64. The van der Waals surface area contributed by atoms with E-state index in [2.05, 4.69) is 34.1 Å². The Bertz CT molecular complexity index is 738. The van der Waals surface area contributed by atoms with E-state index in [9.17, 15) is 9.90 Å². The number of benzene rings is 2. The minimum Gasteiger partial charge on any atom is -0.507 e. The van der Waals surface area contributed by atoms with Crippen molar-refractivity contribution >= 4 is 11.5 Å². The number of methoxy groups -OCH3 is 1. The number of piperazine rings is 1. The summed E-state index contributed by atoms with van der Waals surface area (Å²) in [5, 5.41) is 10.1. The van der Waals surface area contributed by atoms with Gasteiger partial charge in [0.15, 0.2) is 5.78 Å². The van der Waals surface area contributed by atoms with E-state index >= 15 is 0 Å². The van der Waals surface area contributed by atoms with E-state index < -0.39 is 0 Å². The van der Waals surface area contributed by atoms with Crippen LogP contribution in [0.2, 0.25) is 0 Å². The van der Waals surface area contributed by atoms with E-state index in [1.54, 1.807) is 19.2 Å². The molecule has 2 aromatic rings. The summed E-state index contributed by atoms with van der Waals surface area (Å²) in [6, 6.07) is 13.7. The lowest BCUT2D eigenvalue weighted by atomic mass is 10.1. The van der Waals surface area contributed by atoms with Crippen molar-refractivity contribution in [1.82, 2.24) is 4.90 Å². The number of phenolic OH excluding ortho intramolecular Hbond substituents is 1. The number of ketones is 1. The third-order valence-corrected chi connectivity index (χ3v) is 4.64. The number of anilines is 1. The predicted octanol–water partition coefficient (Wildman–Crippen LogP) is 2.93. The molecule has 1 fully saturated rings. The summed E-state index contributed by atoms with van der Waals surface area (Å²) >= 11 is 0. The molecule has 5 nitrogen and oxygen atoms in total. The molecule has 0 spiro atoms. The molecule has 0 radical (unpaired) electrons. The topological polar surface area (TPSA) is 53.0 Å². The molecule has 5 heteroatoms. The van der Waals surface area contributed by atoms with Gasteiger partial charge >= 0.3 is 0 Å². The number of rotatable bonds is 5. The molecule has 0 aromatic heterocycles. The number of Topliss-reactive ketones (excluding diaryl/α,β-unsaturated/α-hetero) is 1. The van der Waals surface area contributed by atoms with Crippen LogP contribution in [0.4, 0.5) is 5.69 Å². The van der Waals surface area contributed by atoms with Crippen LogP contribution in [0.25, 0.3) is 0 Å². The van der Waals surface area contributed by atoms with Crippen molar-refractivity contribution in [1.29, 1.82) is 0 Å². The van der Waals surface area contributed by atoms with Crippen molar-refractivity contribution in [2.45, 2.75) is 13.5 Å². The standard InChI is InChI=1S/C20H24N2O3/c1-15(23)17-12-20(25-2)18(13-19(17)24)22-10-8-21(9-11-22)14-16-6-4-3-5-7-16/h3-7,12-13,24H,8-11,14H2,1-2H3. The van der Waals surface area contributed by atoms with E-state index in [0.717, 1.165) is 38.4 Å². The number of aromatic hydroxyl groups is 1. The molecule has 25 heavy (non-hydrogen) atoms. The van der Waals surface area contributed by atoms with Crippen LogP contribution >= 0.6 is 0 Å². The largest absolute Gasteiger partial charge is 0.507 e. The molecular formula is C20H24N2O3. The highest BCUT2D eigenvalue weighted by molar-refractivity contribution is 5.98. The Morgan fingerprint density at radius 3 is 2.40 bits per heavy atom. The summed E-state index contributed by atoms with van der Waals surface area (Å²) in [6.45, 7) is 5.96. The highest BCUT2D eigenvalue weighted by Gasteiger charge is 2.22. The fourth-order valence-corrected chi connectivity index (χ4v) is 3.24. The van der Waals surface area contributed by atoms with Gasteiger partial charge in [-0.05, 0) is 18.6 Å². The van der Waals surface area contributed by atoms with E-state index in [0.29, 0.717) is 11.3 Å². The smallest absolute Gasteiger partial charge is 0.163 e. The van der Waals surface area contributed by atoms with Crippen LogP contribution in [0.5, 0.6) is 11.5 Å². The van der Waals surface area contributed by atoms with Crippen LogP contribution < -0.4 is 9.64 Å². The first-order valence-corrected chi connectivity index (χ1v) is 8.51. The quantitative estimate of drug-likeness (QED) is 0.848. The molecule has 0 aliphatic carbocycles. The van der Waals surface area contributed by atoms with Crippen LogP contribution in [-0.2, 0) is 6.54 Å². The first-order chi connectivity index (χ1) is 12.1. The lowest BCUT2D eigenvalue weighted by molar-refractivity contribution is 0.101. The number of carbonyl (C=O) groups excluding carboxylic acids is 1. The monoisotopic (exact) mass is 340 g/mol. The van der Waals surface area contributed by atoms with Crippen LogP contribution in [0.3, 0.4) is 0 Å². The van der Waals surface area contributed by atoms with Gasteiger partial charge in [0.2, 0.25) is 0 Å². The summed E-state index contributed by atoms with van der Waals surface area (Å²) in [5.74, 6) is 0.463. The van der Waals surface area contributed by atoms with Crippen molar-refractivity contribution < 1.29 is 14.6 Å². The highest BCUT2D eigenvalue weighted by Crippen LogP contribution is 2.35. The Hall–Kier alpha value is -2.53. The summed E-state index contributed by atoms with van der Waals surface area (Å²) in [7, 11) is 1.59. The number of carbonyl (C=O) groups is 1. The number of nitrogens with zero attached hydrogens (tertiary/aromatic N) is 2. The van der Waals surface area contributed by atoms with Gasteiger partial charge in [0.25, 0.3) is 0 Å². The van der Waals surface area contributed by atoms with E-state index in [1.165, 1.54) is 12.5 Å². The fraction of sp³-hybridized carbons (Fsp3) is 0.350. The molecule has 1 saturated heterocycles. The highest BCUT2D eigenvalue weighted by atomic mass is 16.5. The van der Waals surface area contributed by atoms with Gasteiger partial charge in [-0.15, -0.1) is 0 Å². The summed E-state index contributed by atoms with van der Waals surface area (Å²) < 4.78 is 5.45. The molecule has 0 amide bonds. The second kappa shape index (κ2) is 7.57. The molecule has 1 aliphatic heterocycles. The minimum atomic E-state index is -0.171. The predicted molar refractivity (Wildman–Crippen MR) is 98.6 cm³/mol. The van der Waals surface area contributed by atoms with Gasteiger partial charge in [-0.25, -0.2) is 0 Å². The van der Waals surface area contributed by atoms with Crippen molar-refractivity contribution in [3.05, 3.63) is 53.6 Å². The summed E-state index contributed by atoms with van der Waals surface area (Å²) in [5.41, 5.74) is 2.45. The lowest BCUT2D eigenvalue weighted by Crippen LogP contribution is -2.46. The molecule has 0 unspecified atom stereocenters. The Balaban J connectivity index is 1.70. The van der Waals surface area contributed by atoms with Gasteiger partial charge in [0.1, 0.15) is 11.5 Å². The Labute approximate surface area is 148 Å². The first-order valence-electron chi connectivity index (χ1n) is 8.51. The summed E-state index contributed by atoms with van der Waals surface area (Å²) in [6.07, 6.45) is 0. The maximum absolute atomic E-state index is 11.6. The maximum atomic E-state index is 11.6. The zero-order chi connectivity index (χ0) is 17.8. The second-order valence-electron chi connectivity index (χ2n) is 6.35. The average molecular weight is 340 g/mol. The van der Waals surface area contributed by atoms with Crippen molar-refractivity contribution in [2.24, 2.45) is 0 Å². The number of hydrogen-bond acceptors (Lipinski definition) is 5. The van der Waals surface area contributed by atoms with Gasteiger partial charge in [-0.1, -0.05) is 30.3 Å². The zero-order valence-corrected chi connectivity index (χ0v) is 14.7. The van der Waals surface area contributed by atoms with Crippen LogP contribution in [0, 0.1) is 0 Å². The Kier molecular flexibility index (Phi) is 5.24. The third kappa shape index (κ3) is 3.94. The second-order valence-corrected chi connectivity index (χ2v) is 6.35. The molecule has 0 bridgehead atoms. The van der Waals surface area contributed by atoms with Gasteiger partial charge in [-0.3, -0.25) is 9.69 Å². The molecule has 1 N–H and O–H groups in total. The van der Waals surface area contributed by atoms with Crippen molar-refractivity contribution in [2.75, 3.05) is 38.2 Å². The van der Waals surface area contributed by atoms with E-state index in [-0.39, 0.29) is 11.5 Å². The lowest BCUT2D eigenvalue weighted by Gasteiger charge is -2.36. The van der Waals surface area contributed by atoms with Crippen molar-refractivity contribution in [3.8, 4) is 11.5 Å². The normalized spacial score (nSPS) is 15.2. The molecule has 1 aliphatic rings. The molecule has 0 saturated carbocycles. The van der Waals surface area contributed by atoms with Crippen LogP contribution in [0.15, 0.2) is 42.5 Å². The fourth-order valence-electron chi connectivity index (χ4n) is 3.24. The minimum absolute atomic E-state index is 0.00927. The van der Waals surface area contributed by atoms with E-state index in [4.69, 9.17) is 4.74 Å². The van der Waals surface area contributed by atoms with Gasteiger partial charge in [0, 0.05) is 38.8 Å². The Morgan fingerprint density at radius 2 is 1.80 bits per heavy atom. The molecule has 132 valence electrons. The molecule has 0 atom stereocenters. The van der Waals surface area contributed by atoms with Crippen molar-refractivity contribution in [3.63, 3.8) is 0 Å². The molecule has 3 rings (SSSR count). The molecule has 1 heterocycles. The average Bonchev–Trinajstić information content (AvgIpc) is 2.63. The van der Waals surface area contributed by atoms with Crippen LogP contribution in [-0.4, -0.2) is 49.1 Å². The van der Waals surface area contributed by atoms with Gasteiger partial charge in [-0.2, -0.15) is 0 Å². The molecular weight excluding hydrogens is 316 g/mol. The van der Waals surface area contributed by atoms with Crippen LogP contribution in [0.1, 0.15) is 22.8 Å². The summed E-state index contributed by atoms with van der Waals surface area (Å²) in [4.78, 5) is 16.2. The Morgan fingerprint density at radius 1 is 1.12 bits per heavy atom. The molecule has 2 aromatic carbocycles. The number of phenols is 1. The SMILES string of the molecule is COc1cc(C(C)=O)c(O)cc1N1CCN(Cc2ccccc2)CC1. The first kappa shape index (κ1) is 17.3. The number of ether oxygens (including phenoxy) is 1. The maximum Gasteiger partial charge on any atom is 0.163 e. The number of hydrogen-bond donors (Lipinski definition) is 1. The van der Waals surface area contributed by atoms with Gasteiger partial charge in [0.05, 0.1) is 18.4 Å².